The predicted octanol–water partition coefficient (Wildman–Crippen LogP) is 3.64. The summed E-state index contributed by atoms with van der Waals surface area (Å²) in [6.45, 7) is 8.52. The second-order valence-electron chi connectivity index (χ2n) is 5.03. The fraction of sp³-hybridized carbons (Fsp3) is 0.600. The Morgan fingerprint density at radius 1 is 1.12 bits per heavy atom. The van der Waals surface area contributed by atoms with Gasteiger partial charge in [-0.15, -0.1) is 0 Å². The molecule has 1 heteroatoms. The van der Waals surface area contributed by atoms with E-state index < -0.39 is 0 Å². The van der Waals surface area contributed by atoms with E-state index >= 15 is 0 Å². The van der Waals surface area contributed by atoms with Crippen LogP contribution in [0.3, 0.4) is 0 Å². The highest BCUT2D eigenvalue weighted by Crippen LogP contribution is 2.17. The summed E-state index contributed by atoms with van der Waals surface area (Å²) in [5, 5.41) is 10.1. The first-order chi connectivity index (χ1) is 7.52. The smallest absolute Gasteiger partial charge is 0.0606 e. The second kappa shape index (κ2) is 6.05. The van der Waals surface area contributed by atoms with Gasteiger partial charge >= 0.3 is 0 Å². The molecular formula is C15H24O. The summed E-state index contributed by atoms with van der Waals surface area (Å²) >= 11 is 0. The van der Waals surface area contributed by atoms with Crippen LogP contribution in [-0.2, 0) is 6.42 Å². The molecule has 1 N–H and O–H groups in total. The van der Waals surface area contributed by atoms with Crippen molar-refractivity contribution >= 4 is 0 Å². The molecule has 0 fully saturated rings. The number of hydrogen-bond donors (Lipinski definition) is 1. The van der Waals surface area contributed by atoms with Gasteiger partial charge in [0.15, 0.2) is 0 Å². The largest absolute Gasteiger partial charge is 0.393 e. The van der Waals surface area contributed by atoms with Crippen LogP contribution in [0.1, 0.15) is 43.4 Å². The summed E-state index contributed by atoms with van der Waals surface area (Å²) in [7, 11) is 0. The van der Waals surface area contributed by atoms with Crippen molar-refractivity contribution in [1.82, 2.24) is 0 Å². The first-order valence-electron chi connectivity index (χ1n) is 6.28. The average Bonchev–Trinajstić information content (AvgIpc) is 2.16. The highest BCUT2D eigenvalue weighted by molar-refractivity contribution is 5.28. The maximum absolute atomic E-state index is 10.1. The molecule has 1 aromatic carbocycles. The van der Waals surface area contributed by atoms with Gasteiger partial charge < -0.3 is 5.11 Å². The van der Waals surface area contributed by atoms with Gasteiger partial charge in [0.05, 0.1) is 6.10 Å². The van der Waals surface area contributed by atoms with Gasteiger partial charge in [-0.05, 0) is 38.2 Å². The molecule has 2 atom stereocenters. The Balaban J connectivity index is 2.65. The van der Waals surface area contributed by atoms with E-state index in [9.17, 15) is 5.11 Å². The Morgan fingerprint density at radius 2 is 1.69 bits per heavy atom. The minimum absolute atomic E-state index is 0.207. The molecule has 0 aromatic heterocycles. The minimum Gasteiger partial charge on any atom is -0.393 e. The Morgan fingerprint density at radius 3 is 2.19 bits per heavy atom. The topological polar surface area (TPSA) is 20.2 Å². The number of aliphatic hydroxyl groups is 1. The van der Waals surface area contributed by atoms with Crippen molar-refractivity contribution in [1.29, 1.82) is 0 Å². The molecule has 90 valence electrons. The maximum Gasteiger partial charge on any atom is 0.0606 e. The van der Waals surface area contributed by atoms with Crippen LogP contribution in [-0.4, -0.2) is 11.2 Å². The van der Waals surface area contributed by atoms with E-state index in [0.717, 1.165) is 19.3 Å². The molecule has 1 rings (SSSR count). The van der Waals surface area contributed by atoms with Crippen LogP contribution in [0.5, 0.6) is 0 Å². The summed E-state index contributed by atoms with van der Waals surface area (Å²) in [6, 6.07) is 6.52. The normalized spacial score (nSPS) is 14.8. The third kappa shape index (κ3) is 3.97. The van der Waals surface area contributed by atoms with Gasteiger partial charge in [-0.3, -0.25) is 0 Å². The van der Waals surface area contributed by atoms with E-state index in [2.05, 4.69) is 45.9 Å². The van der Waals surface area contributed by atoms with Gasteiger partial charge in [-0.1, -0.05) is 49.6 Å². The van der Waals surface area contributed by atoms with Crippen molar-refractivity contribution in [3.8, 4) is 0 Å². The van der Waals surface area contributed by atoms with Crippen LogP contribution in [0, 0.1) is 19.8 Å². The summed E-state index contributed by atoms with van der Waals surface area (Å²) in [4.78, 5) is 0. The molecule has 0 aliphatic rings. The number of benzene rings is 1. The molecule has 1 nitrogen and oxygen atoms in total. The van der Waals surface area contributed by atoms with E-state index in [-0.39, 0.29) is 6.10 Å². The first-order valence-corrected chi connectivity index (χ1v) is 6.28. The molecule has 0 saturated carbocycles. The predicted molar refractivity (Wildman–Crippen MR) is 69.7 cm³/mol. The molecule has 0 heterocycles. The van der Waals surface area contributed by atoms with Crippen molar-refractivity contribution in [2.75, 3.05) is 0 Å². The third-order valence-corrected chi connectivity index (χ3v) is 3.13. The van der Waals surface area contributed by atoms with Gasteiger partial charge in [0.1, 0.15) is 0 Å². The van der Waals surface area contributed by atoms with Gasteiger partial charge in [-0.25, -0.2) is 0 Å². The van der Waals surface area contributed by atoms with E-state index in [1.807, 2.05) is 0 Å². The lowest BCUT2D eigenvalue weighted by molar-refractivity contribution is 0.111. The lowest BCUT2D eigenvalue weighted by atomic mass is 9.93. The Bertz CT molecular complexity index is 310. The van der Waals surface area contributed by atoms with Crippen LogP contribution in [0.25, 0.3) is 0 Å². The van der Waals surface area contributed by atoms with Crippen LogP contribution in [0.15, 0.2) is 18.2 Å². The quantitative estimate of drug-likeness (QED) is 0.803. The molecule has 0 bridgehead atoms. The number of aliphatic hydroxyl groups excluding tert-OH is 1. The highest BCUT2D eigenvalue weighted by atomic mass is 16.3. The minimum atomic E-state index is -0.207. The monoisotopic (exact) mass is 220 g/mol. The van der Waals surface area contributed by atoms with Gasteiger partial charge in [0, 0.05) is 0 Å². The van der Waals surface area contributed by atoms with E-state index in [1.165, 1.54) is 16.7 Å². The number of aryl methyl sites for hydroxylation is 2. The standard InChI is InChI=1S/C15H24O/c1-5-6-13(4)15(16)10-14-8-11(2)7-12(3)9-14/h7-9,13,15-16H,5-6,10H2,1-4H3. The average molecular weight is 220 g/mol. The summed E-state index contributed by atoms with van der Waals surface area (Å²) in [6.07, 6.45) is 2.82. The van der Waals surface area contributed by atoms with Crippen molar-refractivity contribution in [2.24, 2.45) is 5.92 Å². The van der Waals surface area contributed by atoms with E-state index in [4.69, 9.17) is 0 Å². The Labute approximate surface area is 99.5 Å². The second-order valence-corrected chi connectivity index (χ2v) is 5.03. The maximum atomic E-state index is 10.1. The third-order valence-electron chi connectivity index (χ3n) is 3.13. The molecular weight excluding hydrogens is 196 g/mol. The molecule has 0 spiro atoms. The lowest BCUT2D eigenvalue weighted by Crippen LogP contribution is -2.20. The molecule has 1 aromatic rings. The molecule has 0 aliphatic heterocycles. The van der Waals surface area contributed by atoms with Crippen LogP contribution < -0.4 is 0 Å². The molecule has 16 heavy (non-hydrogen) atoms. The lowest BCUT2D eigenvalue weighted by Gasteiger charge is -2.18. The molecule has 0 amide bonds. The van der Waals surface area contributed by atoms with Crippen LogP contribution >= 0.6 is 0 Å². The van der Waals surface area contributed by atoms with Crippen molar-refractivity contribution in [2.45, 2.75) is 53.1 Å². The Hall–Kier alpha value is -0.820. The summed E-state index contributed by atoms with van der Waals surface area (Å²) in [5.74, 6) is 0.394. The van der Waals surface area contributed by atoms with Crippen molar-refractivity contribution in [3.05, 3.63) is 34.9 Å². The van der Waals surface area contributed by atoms with Gasteiger partial charge in [-0.2, -0.15) is 0 Å². The van der Waals surface area contributed by atoms with Crippen LogP contribution in [0.2, 0.25) is 0 Å². The highest BCUT2D eigenvalue weighted by Gasteiger charge is 2.13. The van der Waals surface area contributed by atoms with E-state index in [0.29, 0.717) is 5.92 Å². The zero-order valence-electron chi connectivity index (χ0n) is 11.0. The van der Waals surface area contributed by atoms with Gasteiger partial charge in [0.25, 0.3) is 0 Å². The molecule has 0 radical (unpaired) electrons. The van der Waals surface area contributed by atoms with Crippen LogP contribution in [0.4, 0.5) is 0 Å². The molecule has 0 aliphatic carbocycles. The van der Waals surface area contributed by atoms with Gasteiger partial charge in [0.2, 0.25) is 0 Å². The summed E-state index contributed by atoms with van der Waals surface area (Å²) in [5.41, 5.74) is 3.82. The fourth-order valence-corrected chi connectivity index (χ4v) is 2.28. The first kappa shape index (κ1) is 13.2. The van der Waals surface area contributed by atoms with Crippen molar-refractivity contribution in [3.63, 3.8) is 0 Å². The zero-order chi connectivity index (χ0) is 12.1. The zero-order valence-corrected chi connectivity index (χ0v) is 11.0. The summed E-state index contributed by atoms with van der Waals surface area (Å²) < 4.78 is 0. The Kier molecular flexibility index (Phi) is 5.01. The fourth-order valence-electron chi connectivity index (χ4n) is 2.28. The SMILES string of the molecule is CCCC(C)C(O)Cc1cc(C)cc(C)c1. The van der Waals surface area contributed by atoms with E-state index in [1.54, 1.807) is 0 Å². The molecule has 0 saturated heterocycles. The molecule has 2 unspecified atom stereocenters. The number of rotatable bonds is 5. The number of hydrogen-bond acceptors (Lipinski definition) is 1. The van der Waals surface area contributed by atoms with Crippen molar-refractivity contribution < 1.29 is 5.11 Å².